The Hall–Kier alpha value is -1.15. The molecule has 2 rings (SSSR count). The second-order valence-electron chi connectivity index (χ2n) is 6.40. The Balaban J connectivity index is 2.11. The molecule has 1 aromatic carbocycles. The first-order chi connectivity index (χ1) is 8.39. The highest BCUT2D eigenvalue weighted by Crippen LogP contribution is 2.25. The molecule has 0 amide bonds. The van der Waals surface area contributed by atoms with E-state index < -0.39 is 0 Å². The first-order valence-corrected chi connectivity index (χ1v) is 6.75. The third kappa shape index (κ3) is 2.64. The van der Waals surface area contributed by atoms with Crippen molar-refractivity contribution in [2.75, 3.05) is 13.1 Å². The van der Waals surface area contributed by atoms with Gasteiger partial charge in [-0.3, -0.25) is 4.79 Å². The lowest BCUT2D eigenvalue weighted by atomic mass is 9.82. The zero-order chi connectivity index (χ0) is 13.3. The van der Waals surface area contributed by atoms with E-state index in [0.29, 0.717) is 5.92 Å². The van der Waals surface area contributed by atoms with Crippen LogP contribution < -0.4 is 5.32 Å². The summed E-state index contributed by atoms with van der Waals surface area (Å²) < 4.78 is 0. The third-order valence-corrected chi connectivity index (χ3v) is 3.97. The van der Waals surface area contributed by atoms with Gasteiger partial charge in [-0.05, 0) is 30.0 Å². The fourth-order valence-electron chi connectivity index (χ4n) is 2.28. The van der Waals surface area contributed by atoms with Gasteiger partial charge in [0.1, 0.15) is 0 Å². The topological polar surface area (TPSA) is 29.1 Å². The summed E-state index contributed by atoms with van der Waals surface area (Å²) in [6, 6.07) is 8.12. The van der Waals surface area contributed by atoms with E-state index in [1.165, 1.54) is 5.56 Å². The van der Waals surface area contributed by atoms with Crippen LogP contribution in [-0.4, -0.2) is 18.9 Å². The van der Waals surface area contributed by atoms with Crippen molar-refractivity contribution in [3.05, 3.63) is 35.4 Å². The lowest BCUT2D eigenvalue weighted by Gasteiger charge is -2.31. The Morgan fingerprint density at radius 1 is 1.22 bits per heavy atom. The summed E-state index contributed by atoms with van der Waals surface area (Å²) in [4.78, 5) is 12.3. The molecular weight excluding hydrogens is 222 g/mol. The molecule has 2 nitrogen and oxygen atoms in total. The van der Waals surface area contributed by atoms with Gasteiger partial charge in [0.2, 0.25) is 0 Å². The predicted molar refractivity (Wildman–Crippen MR) is 75.0 cm³/mol. The van der Waals surface area contributed by atoms with E-state index in [2.05, 4.69) is 38.2 Å². The fourth-order valence-corrected chi connectivity index (χ4v) is 2.28. The molecule has 1 unspecified atom stereocenters. The van der Waals surface area contributed by atoms with Crippen LogP contribution in [0, 0.1) is 11.8 Å². The highest BCUT2D eigenvalue weighted by Gasteiger charge is 2.29. The van der Waals surface area contributed by atoms with Crippen LogP contribution in [0.25, 0.3) is 0 Å². The lowest BCUT2D eigenvalue weighted by Crippen LogP contribution is -2.47. The molecule has 1 saturated heterocycles. The summed E-state index contributed by atoms with van der Waals surface area (Å²) >= 11 is 0. The fraction of sp³-hybridized carbons (Fsp3) is 0.562. The van der Waals surface area contributed by atoms with E-state index in [9.17, 15) is 4.79 Å². The van der Waals surface area contributed by atoms with Gasteiger partial charge in [0.25, 0.3) is 0 Å². The molecule has 0 radical (unpaired) electrons. The average molecular weight is 245 g/mol. The van der Waals surface area contributed by atoms with Crippen LogP contribution in [0.2, 0.25) is 0 Å². The van der Waals surface area contributed by atoms with Crippen molar-refractivity contribution < 1.29 is 4.79 Å². The molecular formula is C16H23NO. The number of carbonyl (C=O) groups is 1. The number of benzene rings is 1. The van der Waals surface area contributed by atoms with Gasteiger partial charge in [0.05, 0.1) is 0 Å². The van der Waals surface area contributed by atoms with E-state index in [1.807, 2.05) is 19.1 Å². The zero-order valence-corrected chi connectivity index (χ0v) is 11.8. The van der Waals surface area contributed by atoms with E-state index in [1.54, 1.807) is 0 Å². The normalized spacial score (nSPS) is 18.2. The Kier molecular flexibility index (Phi) is 3.58. The van der Waals surface area contributed by atoms with Crippen LogP contribution in [-0.2, 0) is 5.41 Å². The molecule has 1 heterocycles. The van der Waals surface area contributed by atoms with Crippen LogP contribution in [0.3, 0.4) is 0 Å². The molecule has 1 atom stereocenters. The molecule has 0 bridgehead atoms. The minimum Gasteiger partial charge on any atom is -0.316 e. The first kappa shape index (κ1) is 13.3. The van der Waals surface area contributed by atoms with Crippen molar-refractivity contribution in [1.82, 2.24) is 5.32 Å². The van der Waals surface area contributed by atoms with Gasteiger partial charge in [-0.15, -0.1) is 0 Å². The number of carbonyl (C=O) groups excluding carboxylic acids is 1. The second kappa shape index (κ2) is 4.85. The summed E-state index contributed by atoms with van der Waals surface area (Å²) in [5.41, 5.74) is 2.27. The summed E-state index contributed by atoms with van der Waals surface area (Å²) in [6.45, 7) is 10.6. The van der Waals surface area contributed by atoms with Gasteiger partial charge < -0.3 is 5.32 Å². The van der Waals surface area contributed by atoms with Crippen LogP contribution in [0.15, 0.2) is 24.3 Å². The van der Waals surface area contributed by atoms with Crippen LogP contribution >= 0.6 is 0 Å². The van der Waals surface area contributed by atoms with Crippen molar-refractivity contribution in [3.63, 3.8) is 0 Å². The quantitative estimate of drug-likeness (QED) is 0.829. The van der Waals surface area contributed by atoms with Crippen molar-refractivity contribution in [1.29, 1.82) is 0 Å². The van der Waals surface area contributed by atoms with Crippen molar-refractivity contribution in [2.24, 2.45) is 11.8 Å². The van der Waals surface area contributed by atoms with Gasteiger partial charge >= 0.3 is 0 Å². The van der Waals surface area contributed by atoms with E-state index >= 15 is 0 Å². The summed E-state index contributed by atoms with van der Waals surface area (Å²) in [7, 11) is 0. The number of ketones is 1. The smallest absolute Gasteiger partial charge is 0.166 e. The first-order valence-electron chi connectivity index (χ1n) is 6.75. The van der Waals surface area contributed by atoms with E-state index in [0.717, 1.165) is 18.7 Å². The Labute approximate surface area is 110 Å². The maximum absolute atomic E-state index is 12.3. The maximum Gasteiger partial charge on any atom is 0.166 e. The van der Waals surface area contributed by atoms with Crippen LogP contribution in [0.1, 0.15) is 43.6 Å². The van der Waals surface area contributed by atoms with Crippen molar-refractivity contribution >= 4 is 5.78 Å². The van der Waals surface area contributed by atoms with Crippen LogP contribution in [0.4, 0.5) is 0 Å². The summed E-state index contributed by atoms with van der Waals surface area (Å²) in [5.74, 6) is 0.925. The Morgan fingerprint density at radius 2 is 1.78 bits per heavy atom. The van der Waals surface area contributed by atoms with E-state index in [-0.39, 0.29) is 17.1 Å². The van der Waals surface area contributed by atoms with E-state index in [4.69, 9.17) is 0 Å². The number of nitrogens with one attached hydrogen (secondary N) is 1. The second-order valence-corrected chi connectivity index (χ2v) is 6.40. The summed E-state index contributed by atoms with van der Waals surface area (Å²) in [6.07, 6.45) is 0. The van der Waals surface area contributed by atoms with Crippen molar-refractivity contribution in [3.8, 4) is 0 Å². The third-order valence-electron chi connectivity index (χ3n) is 3.97. The SMILES string of the molecule is CC(C(=O)c1ccc(C(C)(C)C)cc1)C1CNC1. The van der Waals surface area contributed by atoms with Gasteiger partial charge in [-0.1, -0.05) is 52.0 Å². The largest absolute Gasteiger partial charge is 0.316 e. The van der Waals surface area contributed by atoms with Gasteiger partial charge in [-0.2, -0.15) is 0 Å². The summed E-state index contributed by atoms with van der Waals surface area (Å²) in [5, 5.41) is 3.23. The number of hydrogen-bond donors (Lipinski definition) is 1. The number of hydrogen-bond acceptors (Lipinski definition) is 2. The molecule has 1 aliphatic heterocycles. The lowest BCUT2D eigenvalue weighted by molar-refractivity contribution is 0.0854. The predicted octanol–water partition coefficient (Wildman–Crippen LogP) is 3.02. The molecule has 0 aliphatic carbocycles. The Morgan fingerprint density at radius 3 is 2.17 bits per heavy atom. The number of rotatable bonds is 3. The van der Waals surface area contributed by atoms with Gasteiger partial charge in [0, 0.05) is 11.5 Å². The van der Waals surface area contributed by atoms with Gasteiger partial charge in [0.15, 0.2) is 5.78 Å². The van der Waals surface area contributed by atoms with Crippen molar-refractivity contribution in [2.45, 2.75) is 33.1 Å². The number of Topliss-reactive ketones (excluding diaryl/α,β-unsaturated/α-hetero) is 1. The molecule has 0 aromatic heterocycles. The molecule has 98 valence electrons. The molecule has 1 aliphatic rings. The molecule has 18 heavy (non-hydrogen) atoms. The molecule has 0 saturated carbocycles. The molecule has 2 heteroatoms. The maximum atomic E-state index is 12.3. The zero-order valence-electron chi connectivity index (χ0n) is 11.8. The minimum absolute atomic E-state index is 0.131. The molecule has 0 spiro atoms. The van der Waals surface area contributed by atoms with Crippen LogP contribution in [0.5, 0.6) is 0 Å². The Bertz CT molecular complexity index is 423. The standard InChI is InChI=1S/C16H23NO/c1-11(13-9-17-10-13)15(18)12-5-7-14(8-6-12)16(2,3)4/h5-8,11,13,17H,9-10H2,1-4H3. The minimum atomic E-state index is 0.131. The highest BCUT2D eigenvalue weighted by molar-refractivity contribution is 5.97. The van der Waals surface area contributed by atoms with Gasteiger partial charge in [-0.25, -0.2) is 0 Å². The monoisotopic (exact) mass is 245 g/mol. The average Bonchev–Trinajstić information content (AvgIpc) is 2.24. The molecule has 1 N–H and O–H groups in total. The molecule has 1 aromatic rings. The highest BCUT2D eigenvalue weighted by atomic mass is 16.1. The molecule has 1 fully saturated rings.